The van der Waals surface area contributed by atoms with E-state index in [0.29, 0.717) is 13.0 Å². The van der Waals surface area contributed by atoms with Crippen LogP contribution in [0.2, 0.25) is 0 Å². The van der Waals surface area contributed by atoms with Crippen LogP contribution < -0.4 is 5.32 Å². The first-order valence-electron chi connectivity index (χ1n) is 8.49. The zero-order valence-corrected chi connectivity index (χ0v) is 14.2. The molecule has 3 rings (SSSR count). The number of amides is 3. The topological polar surface area (TPSA) is 52.7 Å². The lowest BCUT2D eigenvalue weighted by Gasteiger charge is -2.37. The highest BCUT2D eigenvalue weighted by Gasteiger charge is 2.54. The zero-order chi connectivity index (χ0) is 17.3. The van der Waals surface area contributed by atoms with Crippen LogP contribution in [-0.4, -0.2) is 41.0 Å². The summed E-state index contributed by atoms with van der Waals surface area (Å²) in [6.45, 7) is 2.71. The van der Waals surface area contributed by atoms with Gasteiger partial charge in [0.15, 0.2) is 0 Å². The van der Waals surface area contributed by atoms with Crippen molar-refractivity contribution >= 4 is 11.9 Å². The molecule has 1 saturated heterocycles. The SMILES string of the molecule is C[C@@H]1CCCC[C@]12NC(=O)N(CN(C)Cc1cccc(F)c1)C2=O. The van der Waals surface area contributed by atoms with E-state index in [0.717, 1.165) is 24.8 Å². The van der Waals surface area contributed by atoms with Gasteiger partial charge in [-0.2, -0.15) is 0 Å². The number of hydrogen-bond donors (Lipinski definition) is 1. The first-order chi connectivity index (χ1) is 11.4. The second kappa shape index (κ2) is 6.51. The summed E-state index contributed by atoms with van der Waals surface area (Å²) in [7, 11) is 1.82. The summed E-state index contributed by atoms with van der Waals surface area (Å²) in [5, 5.41) is 2.95. The Balaban J connectivity index is 1.68. The Labute approximate surface area is 141 Å². The Kier molecular flexibility index (Phi) is 4.58. The van der Waals surface area contributed by atoms with Crippen molar-refractivity contribution in [3.05, 3.63) is 35.6 Å². The summed E-state index contributed by atoms with van der Waals surface area (Å²) in [6, 6.07) is 6.03. The van der Waals surface area contributed by atoms with E-state index in [1.54, 1.807) is 6.07 Å². The third-order valence-corrected chi connectivity index (χ3v) is 5.23. The van der Waals surface area contributed by atoms with Gasteiger partial charge >= 0.3 is 6.03 Å². The van der Waals surface area contributed by atoms with Crippen LogP contribution in [0.3, 0.4) is 0 Å². The number of hydrogen-bond acceptors (Lipinski definition) is 3. The molecule has 130 valence electrons. The number of benzene rings is 1. The van der Waals surface area contributed by atoms with Crippen molar-refractivity contribution in [2.24, 2.45) is 5.92 Å². The fraction of sp³-hybridized carbons (Fsp3) is 0.556. The van der Waals surface area contributed by atoms with E-state index in [4.69, 9.17) is 0 Å². The Hall–Kier alpha value is -1.95. The van der Waals surface area contributed by atoms with Crippen LogP contribution in [-0.2, 0) is 11.3 Å². The van der Waals surface area contributed by atoms with Crippen LogP contribution in [0.1, 0.15) is 38.2 Å². The molecular formula is C18H24FN3O2. The summed E-state index contributed by atoms with van der Waals surface area (Å²) in [5.74, 6) is -0.252. The van der Waals surface area contributed by atoms with E-state index in [-0.39, 0.29) is 30.3 Å². The molecular weight excluding hydrogens is 309 g/mol. The van der Waals surface area contributed by atoms with Crippen LogP contribution in [0.15, 0.2) is 24.3 Å². The smallest absolute Gasteiger partial charge is 0.323 e. The molecule has 2 fully saturated rings. The van der Waals surface area contributed by atoms with Gasteiger partial charge in [0.25, 0.3) is 5.91 Å². The molecule has 24 heavy (non-hydrogen) atoms. The molecule has 3 amide bonds. The van der Waals surface area contributed by atoms with Gasteiger partial charge in [0, 0.05) is 6.54 Å². The van der Waals surface area contributed by atoms with Gasteiger partial charge in [-0.3, -0.25) is 9.69 Å². The van der Waals surface area contributed by atoms with E-state index < -0.39 is 5.54 Å². The Morgan fingerprint density at radius 3 is 2.88 bits per heavy atom. The van der Waals surface area contributed by atoms with Crippen molar-refractivity contribution in [1.82, 2.24) is 15.1 Å². The number of halogens is 1. The maximum absolute atomic E-state index is 13.3. The number of carbonyl (C=O) groups excluding carboxylic acids is 2. The summed E-state index contributed by atoms with van der Waals surface area (Å²) in [5.41, 5.74) is 0.0833. The summed E-state index contributed by atoms with van der Waals surface area (Å²) >= 11 is 0. The molecule has 1 aromatic rings. The fourth-order valence-corrected chi connectivity index (χ4v) is 3.86. The van der Waals surface area contributed by atoms with Crippen LogP contribution in [0.25, 0.3) is 0 Å². The molecule has 2 aliphatic rings. The fourth-order valence-electron chi connectivity index (χ4n) is 3.86. The van der Waals surface area contributed by atoms with Crippen molar-refractivity contribution in [3.8, 4) is 0 Å². The largest absolute Gasteiger partial charge is 0.326 e. The second-order valence-electron chi connectivity index (χ2n) is 7.07. The molecule has 0 radical (unpaired) electrons. The monoisotopic (exact) mass is 333 g/mol. The van der Waals surface area contributed by atoms with Gasteiger partial charge in [0.1, 0.15) is 11.4 Å². The lowest BCUT2D eigenvalue weighted by molar-refractivity contribution is -0.135. The molecule has 5 nitrogen and oxygen atoms in total. The zero-order valence-electron chi connectivity index (χ0n) is 14.2. The first kappa shape index (κ1) is 16.9. The minimum Gasteiger partial charge on any atom is -0.323 e. The van der Waals surface area contributed by atoms with Gasteiger partial charge in [0.05, 0.1) is 6.67 Å². The first-order valence-corrected chi connectivity index (χ1v) is 8.49. The lowest BCUT2D eigenvalue weighted by Crippen LogP contribution is -2.54. The number of nitrogens with one attached hydrogen (secondary N) is 1. The number of urea groups is 1. The van der Waals surface area contributed by atoms with Crippen molar-refractivity contribution in [2.75, 3.05) is 13.7 Å². The number of imide groups is 1. The Morgan fingerprint density at radius 1 is 1.38 bits per heavy atom. The number of carbonyl (C=O) groups is 2. The second-order valence-corrected chi connectivity index (χ2v) is 7.07. The average Bonchev–Trinajstić information content (AvgIpc) is 2.75. The van der Waals surface area contributed by atoms with Crippen LogP contribution >= 0.6 is 0 Å². The van der Waals surface area contributed by atoms with Gasteiger partial charge in [0.2, 0.25) is 0 Å². The maximum atomic E-state index is 13.3. The third kappa shape index (κ3) is 3.02. The minimum absolute atomic E-state index is 0.120. The highest BCUT2D eigenvalue weighted by molar-refractivity contribution is 6.07. The van der Waals surface area contributed by atoms with Crippen molar-refractivity contribution in [2.45, 2.75) is 44.7 Å². The molecule has 0 bridgehead atoms. The van der Waals surface area contributed by atoms with Crippen LogP contribution in [0.4, 0.5) is 9.18 Å². The van der Waals surface area contributed by atoms with E-state index >= 15 is 0 Å². The maximum Gasteiger partial charge on any atom is 0.326 e. The summed E-state index contributed by atoms with van der Waals surface area (Å²) < 4.78 is 13.3. The average molecular weight is 333 g/mol. The Morgan fingerprint density at radius 2 is 2.17 bits per heavy atom. The Bertz CT molecular complexity index is 651. The number of rotatable bonds is 4. The normalized spacial score (nSPS) is 27.2. The standard InChI is InChI=1S/C18H24FN3O2/c1-13-6-3-4-9-18(13)16(23)22(17(24)20-18)12-21(2)11-14-7-5-8-15(19)10-14/h5,7-8,10,13H,3-4,6,9,11-12H2,1-2H3,(H,20,24)/t13-,18+/m1/s1. The van der Waals surface area contributed by atoms with Crippen molar-refractivity contribution in [3.63, 3.8) is 0 Å². The van der Waals surface area contributed by atoms with Gasteiger partial charge in [-0.05, 0) is 43.5 Å². The summed E-state index contributed by atoms with van der Waals surface area (Å²) in [4.78, 5) is 28.4. The molecule has 1 saturated carbocycles. The molecule has 1 aromatic carbocycles. The predicted molar refractivity (Wildman–Crippen MR) is 88.5 cm³/mol. The highest BCUT2D eigenvalue weighted by Crippen LogP contribution is 2.38. The molecule has 0 aromatic heterocycles. The minimum atomic E-state index is -0.727. The molecule has 0 unspecified atom stereocenters. The van der Waals surface area contributed by atoms with Crippen molar-refractivity contribution < 1.29 is 14.0 Å². The van der Waals surface area contributed by atoms with Crippen LogP contribution in [0, 0.1) is 11.7 Å². The number of nitrogens with zero attached hydrogens (tertiary/aromatic N) is 2. The van der Waals surface area contributed by atoms with E-state index in [2.05, 4.69) is 5.32 Å². The molecule has 6 heteroatoms. The molecule has 2 atom stereocenters. The van der Waals surface area contributed by atoms with Crippen LogP contribution in [0.5, 0.6) is 0 Å². The molecule has 1 spiro atoms. The third-order valence-electron chi connectivity index (χ3n) is 5.23. The highest BCUT2D eigenvalue weighted by atomic mass is 19.1. The molecule has 1 aliphatic heterocycles. The van der Waals surface area contributed by atoms with E-state index in [9.17, 15) is 14.0 Å². The molecule has 1 N–H and O–H groups in total. The van der Waals surface area contributed by atoms with E-state index in [1.165, 1.54) is 17.0 Å². The summed E-state index contributed by atoms with van der Waals surface area (Å²) in [6.07, 6.45) is 3.73. The van der Waals surface area contributed by atoms with Gasteiger partial charge in [-0.1, -0.05) is 31.9 Å². The quantitative estimate of drug-likeness (QED) is 0.862. The van der Waals surface area contributed by atoms with Gasteiger partial charge in [-0.15, -0.1) is 0 Å². The van der Waals surface area contributed by atoms with Gasteiger partial charge < -0.3 is 5.32 Å². The molecule has 1 heterocycles. The van der Waals surface area contributed by atoms with Gasteiger partial charge in [-0.25, -0.2) is 14.1 Å². The van der Waals surface area contributed by atoms with E-state index in [1.807, 2.05) is 24.9 Å². The molecule has 1 aliphatic carbocycles. The van der Waals surface area contributed by atoms with Crippen molar-refractivity contribution in [1.29, 1.82) is 0 Å². The lowest BCUT2D eigenvalue weighted by atomic mass is 9.73. The predicted octanol–water partition coefficient (Wildman–Crippen LogP) is 2.72.